The molecule has 4 aromatic heterocycles. The highest BCUT2D eigenvalue weighted by Crippen LogP contribution is 2.42. The van der Waals surface area contributed by atoms with E-state index >= 15 is 0 Å². The number of para-hydroxylation sites is 2. The summed E-state index contributed by atoms with van der Waals surface area (Å²) in [5.41, 5.74) is 11.8. The predicted molar refractivity (Wildman–Crippen MR) is 275 cm³/mol. The van der Waals surface area contributed by atoms with Gasteiger partial charge in [0.05, 0.1) is 22.1 Å². The van der Waals surface area contributed by atoms with Gasteiger partial charge in [-0.15, -0.1) is 0 Å². The van der Waals surface area contributed by atoms with Crippen LogP contribution >= 0.6 is 0 Å². The van der Waals surface area contributed by atoms with E-state index in [0.717, 1.165) is 88.2 Å². The molecule has 0 aliphatic rings. The van der Waals surface area contributed by atoms with Crippen molar-refractivity contribution < 1.29 is 0 Å². The monoisotopic (exact) mass is 870 g/mol. The first kappa shape index (κ1) is 39.0. The van der Waals surface area contributed by atoms with E-state index in [1.807, 2.05) is 91.0 Å². The van der Waals surface area contributed by atoms with E-state index in [4.69, 9.17) is 29.9 Å². The molecule has 0 radical (unpaired) electrons. The van der Waals surface area contributed by atoms with Crippen molar-refractivity contribution in [3.05, 3.63) is 231 Å². The van der Waals surface area contributed by atoms with E-state index in [1.54, 1.807) is 0 Å². The summed E-state index contributed by atoms with van der Waals surface area (Å²) < 4.78 is 4.61. The van der Waals surface area contributed by atoms with Crippen LogP contribution in [0.1, 0.15) is 0 Å². The average molecular weight is 871 g/mol. The maximum Gasteiger partial charge on any atom is 0.238 e. The highest BCUT2D eigenvalue weighted by molar-refractivity contribution is 6.23. The molecular weight excluding hydrogens is 833 g/mol. The summed E-state index contributed by atoms with van der Waals surface area (Å²) in [6, 6.07) is 79.3. The van der Waals surface area contributed by atoms with Crippen LogP contribution in [0.5, 0.6) is 0 Å². The van der Waals surface area contributed by atoms with Gasteiger partial charge in [0.25, 0.3) is 0 Å². The third-order valence-electron chi connectivity index (χ3n) is 12.7. The van der Waals surface area contributed by atoms with Crippen LogP contribution in [0.15, 0.2) is 231 Å². The van der Waals surface area contributed by atoms with Crippen LogP contribution in [0, 0.1) is 0 Å². The number of benzene rings is 9. The molecule has 0 atom stereocenters. The summed E-state index contributed by atoms with van der Waals surface area (Å²) >= 11 is 0. The molecular formula is C60H38N8. The number of rotatable bonds is 8. The average Bonchev–Trinajstić information content (AvgIpc) is 3.95. The van der Waals surface area contributed by atoms with E-state index in [9.17, 15) is 0 Å². The minimum atomic E-state index is 0.529. The van der Waals surface area contributed by atoms with Crippen molar-refractivity contribution in [2.45, 2.75) is 0 Å². The van der Waals surface area contributed by atoms with Crippen LogP contribution in [0.4, 0.5) is 0 Å². The fraction of sp³-hybridized carbons (Fsp3) is 0. The Balaban J connectivity index is 1.05. The molecule has 8 nitrogen and oxygen atoms in total. The van der Waals surface area contributed by atoms with Gasteiger partial charge in [0.15, 0.2) is 29.1 Å². The van der Waals surface area contributed by atoms with Crippen LogP contribution < -0.4 is 0 Å². The molecule has 13 rings (SSSR count). The van der Waals surface area contributed by atoms with E-state index in [1.165, 1.54) is 0 Å². The Kier molecular flexibility index (Phi) is 9.31. The Morgan fingerprint density at radius 1 is 0.235 bits per heavy atom. The largest absolute Gasteiger partial charge is 0.307 e. The smallest absolute Gasteiger partial charge is 0.238 e. The molecule has 0 bridgehead atoms. The van der Waals surface area contributed by atoms with Crippen molar-refractivity contribution in [2.24, 2.45) is 0 Å². The van der Waals surface area contributed by atoms with Crippen LogP contribution in [0.25, 0.3) is 123 Å². The van der Waals surface area contributed by atoms with Crippen LogP contribution in [-0.4, -0.2) is 39.0 Å². The zero-order valence-corrected chi connectivity index (χ0v) is 36.5. The lowest BCUT2D eigenvalue weighted by Crippen LogP contribution is -2.07. The van der Waals surface area contributed by atoms with Gasteiger partial charge in [-0.25, -0.2) is 19.9 Å². The molecule has 4 heterocycles. The Bertz CT molecular complexity index is 3940. The highest BCUT2D eigenvalue weighted by Gasteiger charge is 2.24. The predicted octanol–water partition coefficient (Wildman–Crippen LogP) is 14.3. The van der Waals surface area contributed by atoms with Crippen molar-refractivity contribution in [3.63, 3.8) is 0 Å². The summed E-state index contributed by atoms with van der Waals surface area (Å²) in [6.07, 6.45) is 0. The third-order valence-corrected chi connectivity index (χ3v) is 12.7. The zero-order chi connectivity index (χ0) is 45.0. The van der Waals surface area contributed by atoms with Crippen molar-refractivity contribution in [1.29, 1.82) is 0 Å². The number of hydrogen-bond acceptors (Lipinski definition) is 6. The van der Waals surface area contributed by atoms with Gasteiger partial charge < -0.3 is 4.57 Å². The van der Waals surface area contributed by atoms with E-state index in [0.29, 0.717) is 35.1 Å². The second-order valence-corrected chi connectivity index (χ2v) is 16.7. The quantitative estimate of drug-likeness (QED) is 0.151. The molecule has 0 spiro atoms. The molecule has 13 aromatic rings. The molecule has 0 N–H and O–H groups in total. The maximum absolute atomic E-state index is 5.44. The standard InChI is InChI=1S/C60H38N8/c1-5-19-39(20-6-1)45-27-13-14-30-50(45)59-64-58(42-25-11-4-12-26-42)65-60(66-59)68-52-32-18-16-29-47(52)49-38-37-48-46-28-15-17-31-51(46)67(53(48)54(49)68)44-35-33-43(34-36-44)57-62-55(40-21-7-2-8-22-40)61-56(63-57)41-23-9-3-10-24-41/h1-38H. The molecule has 8 heteroatoms. The molecule has 0 unspecified atom stereocenters. The van der Waals surface area contributed by atoms with Gasteiger partial charge in [-0.1, -0.05) is 194 Å². The fourth-order valence-electron chi connectivity index (χ4n) is 9.52. The van der Waals surface area contributed by atoms with Gasteiger partial charge in [-0.05, 0) is 47.5 Å². The zero-order valence-electron chi connectivity index (χ0n) is 36.5. The van der Waals surface area contributed by atoms with Crippen LogP contribution in [0.2, 0.25) is 0 Å². The molecule has 318 valence electrons. The van der Waals surface area contributed by atoms with E-state index in [2.05, 4.69) is 149 Å². The molecule has 0 aliphatic heterocycles. The molecule has 0 amide bonds. The van der Waals surface area contributed by atoms with Crippen molar-refractivity contribution in [1.82, 2.24) is 39.0 Å². The first-order chi connectivity index (χ1) is 33.7. The Morgan fingerprint density at radius 2 is 0.603 bits per heavy atom. The summed E-state index contributed by atoms with van der Waals surface area (Å²) in [6.45, 7) is 0. The topological polar surface area (TPSA) is 87.2 Å². The molecule has 0 fully saturated rings. The van der Waals surface area contributed by atoms with E-state index < -0.39 is 0 Å². The van der Waals surface area contributed by atoms with Gasteiger partial charge in [-0.3, -0.25) is 4.57 Å². The lowest BCUT2D eigenvalue weighted by molar-refractivity contribution is 0.953. The molecule has 0 saturated carbocycles. The second kappa shape index (κ2) is 16.2. The molecule has 0 saturated heterocycles. The molecule has 9 aromatic carbocycles. The Morgan fingerprint density at radius 3 is 1.13 bits per heavy atom. The number of fused-ring (bicyclic) bond motifs is 7. The van der Waals surface area contributed by atoms with Gasteiger partial charge in [0.2, 0.25) is 5.95 Å². The Hall–Kier alpha value is -9.40. The summed E-state index contributed by atoms with van der Waals surface area (Å²) in [5, 5.41) is 4.45. The first-order valence-electron chi connectivity index (χ1n) is 22.6. The van der Waals surface area contributed by atoms with Crippen LogP contribution in [0.3, 0.4) is 0 Å². The SMILES string of the molecule is c1ccc(-c2nc(-c3ccccc3)nc(-c3ccc(-n4c5ccccc5c5ccc6c7ccccc7n(-c7nc(-c8ccccc8)nc(-c8ccccc8-c8ccccc8)n7)c6c54)cc3)n2)cc1. The first-order valence-corrected chi connectivity index (χ1v) is 22.6. The number of aromatic nitrogens is 8. The summed E-state index contributed by atoms with van der Waals surface area (Å²) in [7, 11) is 0. The summed E-state index contributed by atoms with van der Waals surface area (Å²) in [4.78, 5) is 31.0. The van der Waals surface area contributed by atoms with Crippen molar-refractivity contribution >= 4 is 43.6 Å². The normalized spacial score (nSPS) is 11.5. The number of nitrogens with zero attached hydrogens (tertiary/aromatic N) is 8. The van der Waals surface area contributed by atoms with Gasteiger partial charge in [0, 0.05) is 55.0 Å². The minimum Gasteiger partial charge on any atom is -0.307 e. The molecule has 68 heavy (non-hydrogen) atoms. The lowest BCUT2D eigenvalue weighted by atomic mass is 9.99. The van der Waals surface area contributed by atoms with Gasteiger partial charge in [-0.2, -0.15) is 9.97 Å². The minimum absolute atomic E-state index is 0.529. The second-order valence-electron chi connectivity index (χ2n) is 16.7. The fourth-order valence-corrected chi connectivity index (χ4v) is 9.52. The number of hydrogen-bond donors (Lipinski definition) is 0. The maximum atomic E-state index is 5.44. The Labute approximate surface area is 391 Å². The van der Waals surface area contributed by atoms with Crippen LogP contribution in [-0.2, 0) is 0 Å². The summed E-state index contributed by atoms with van der Waals surface area (Å²) in [5.74, 6) is 3.55. The highest BCUT2D eigenvalue weighted by atomic mass is 15.2. The van der Waals surface area contributed by atoms with E-state index in [-0.39, 0.29) is 0 Å². The van der Waals surface area contributed by atoms with Crippen molar-refractivity contribution in [2.75, 3.05) is 0 Å². The van der Waals surface area contributed by atoms with Crippen molar-refractivity contribution in [3.8, 4) is 79.7 Å². The van der Waals surface area contributed by atoms with Gasteiger partial charge >= 0.3 is 0 Å². The van der Waals surface area contributed by atoms with Gasteiger partial charge in [0.1, 0.15) is 0 Å². The lowest BCUT2D eigenvalue weighted by Gasteiger charge is -2.15. The third kappa shape index (κ3) is 6.62. The molecule has 0 aliphatic carbocycles.